The molecular formula is C13H19N3O2S. The van der Waals surface area contributed by atoms with Crippen LogP contribution in [0.5, 0.6) is 5.75 Å². The first-order valence-corrected chi connectivity index (χ1v) is 7.54. The molecule has 0 spiro atoms. The molecule has 1 aromatic heterocycles. The minimum Gasteiger partial charge on any atom is -0.492 e. The van der Waals surface area contributed by atoms with Crippen molar-refractivity contribution in [2.75, 3.05) is 30.8 Å². The zero-order valence-electron chi connectivity index (χ0n) is 11.1. The first-order chi connectivity index (χ1) is 9.20. The Labute approximate surface area is 116 Å². The van der Waals surface area contributed by atoms with Crippen molar-refractivity contribution in [2.24, 2.45) is 0 Å². The Morgan fingerprint density at radius 2 is 2.11 bits per heavy atom. The van der Waals surface area contributed by atoms with E-state index in [1.165, 1.54) is 24.2 Å². The molecule has 3 rings (SSSR count). The second-order valence-corrected chi connectivity index (χ2v) is 6.12. The first kappa shape index (κ1) is 12.6. The van der Waals surface area contributed by atoms with Crippen LogP contribution >= 0.6 is 11.3 Å². The third-order valence-corrected chi connectivity index (χ3v) is 4.84. The van der Waals surface area contributed by atoms with Crippen LogP contribution in [0.15, 0.2) is 0 Å². The molecule has 0 bridgehead atoms. The average Bonchev–Trinajstić information content (AvgIpc) is 2.93. The highest BCUT2D eigenvalue weighted by Gasteiger charge is 2.29. The molecule has 5 nitrogen and oxygen atoms in total. The monoisotopic (exact) mass is 281 g/mol. The number of carbonyl (C=O) groups excluding carboxylic acids is 1. The lowest BCUT2D eigenvalue weighted by atomic mass is 10.3. The molecule has 6 heteroatoms. The number of thiophene rings is 1. The summed E-state index contributed by atoms with van der Waals surface area (Å²) in [6.45, 7) is 2.03. The summed E-state index contributed by atoms with van der Waals surface area (Å²) < 4.78 is 5.40. The van der Waals surface area contributed by atoms with E-state index >= 15 is 0 Å². The Hall–Kier alpha value is -1.43. The van der Waals surface area contributed by atoms with Gasteiger partial charge in [-0.2, -0.15) is 0 Å². The third kappa shape index (κ3) is 2.36. The molecule has 0 radical (unpaired) electrons. The second kappa shape index (κ2) is 4.92. The molecule has 1 saturated heterocycles. The van der Waals surface area contributed by atoms with Gasteiger partial charge in [-0.25, -0.2) is 0 Å². The van der Waals surface area contributed by atoms with Crippen molar-refractivity contribution >= 4 is 27.9 Å². The average molecular weight is 281 g/mol. The van der Waals surface area contributed by atoms with E-state index in [-0.39, 0.29) is 5.91 Å². The van der Waals surface area contributed by atoms with Crippen molar-refractivity contribution in [3.8, 4) is 5.75 Å². The molecule has 1 saturated carbocycles. The van der Waals surface area contributed by atoms with Crippen LogP contribution in [0.3, 0.4) is 0 Å². The van der Waals surface area contributed by atoms with Gasteiger partial charge in [0.15, 0.2) is 5.75 Å². The van der Waals surface area contributed by atoms with Crippen molar-refractivity contribution < 1.29 is 9.53 Å². The van der Waals surface area contributed by atoms with Gasteiger partial charge in [-0.1, -0.05) is 0 Å². The Kier molecular flexibility index (Phi) is 3.26. The van der Waals surface area contributed by atoms with Crippen LogP contribution < -0.4 is 20.7 Å². The summed E-state index contributed by atoms with van der Waals surface area (Å²) in [5.74, 6) is 0.599. The van der Waals surface area contributed by atoms with Gasteiger partial charge in [0, 0.05) is 19.1 Å². The van der Waals surface area contributed by atoms with E-state index in [0.717, 1.165) is 30.9 Å². The SMILES string of the molecule is COc1c(N2CCCC2)sc(C(=O)NC2CC2)c1N. The van der Waals surface area contributed by atoms with Gasteiger partial charge in [0.25, 0.3) is 5.91 Å². The highest BCUT2D eigenvalue weighted by Crippen LogP contribution is 2.45. The number of rotatable bonds is 4. The van der Waals surface area contributed by atoms with Crippen LogP contribution in [-0.2, 0) is 0 Å². The van der Waals surface area contributed by atoms with E-state index in [1.807, 2.05) is 0 Å². The van der Waals surface area contributed by atoms with Crippen LogP contribution in [-0.4, -0.2) is 32.1 Å². The number of ether oxygens (including phenoxy) is 1. The molecule has 2 fully saturated rings. The van der Waals surface area contributed by atoms with Gasteiger partial charge in [0.1, 0.15) is 15.6 Å². The number of nitrogen functional groups attached to an aromatic ring is 1. The van der Waals surface area contributed by atoms with Gasteiger partial charge in [0.05, 0.1) is 7.11 Å². The number of methoxy groups -OCH3 is 1. The van der Waals surface area contributed by atoms with Gasteiger partial charge < -0.3 is 20.7 Å². The van der Waals surface area contributed by atoms with E-state index in [2.05, 4.69) is 10.2 Å². The lowest BCUT2D eigenvalue weighted by Crippen LogP contribution is -2.25. The van der Waals surface area contributed by atoms with Crippen molar-refractivity contribution in [3.63, 3.8) is 0 Å². The van der Waals surface area contributed by atoms with Gasteiger partial charge >= 0.3 is 0 Å². The third-order valence-electron chi connectivity index (χ3n) is 3.60. The zero-order chi connectivity index (χ0) is 13.4. The van der Waals surface area contributed by atoms with Crippen molar-refractivity contribution in [2.45, 2.75) is 31.7 Å². The molecule has 2 aliphatic rings. The summed E-state index contributed by atoms with van der Waals surface area (Å²) in [4.78, 5) is 15.0. The normalized spacial score (nSPS) is 18.7. The fourth-order valence-corrected chi connectivity index (χ4v) is 3.53. The van der Waals surface area contributed by atoms with E-state index in [9.17, 15) is 4.79 Å². The van der Waals surface area contributed by atoms with E-state index in [0.29, 0.717) is 22.4 Å². The number of nitrogens with zero attached hydrogens (tertiary/aromatic N) is 1. The van der Waals surface area contributed by atoms with Gasteiger partial charge in [0.2, 0.25) is 0 Å². The van der Waals surface area contributed by atoms with Gasteiger partial charge in [-0.3, -0.25) is 4.79 Å². The van der Waals surface area contributed by atoms with Crippen LogP contribution in [0, 0.1) is 0 Å². The standard InChI is InChI=1S/C13H19N3O2S/c1-18-10-9(14)11(12(17)15-8-4-5-8)19-13(10)16-6-2-3-7-16/h8H,2-7,14H2,1H3,(H,15,17). The van der Waals surface area contributed by atoms with E-state index in [4.69, 9.17) is 10.5 Å². The second-order valence-electron chi connectivity index (χ2n) is 5.13. The Morgan fingerprint density at radius 1 is 1.42 bits per heavy atom. The summed E-state index contributed by atoms with van der Waals surface area (Å²) >= 11 is 1.45. The summed E-state index contributed by atoms with van der Waals surface area (Å²) in [5, 5.41) is 3.98. The van der Waals surface area contributed by atoms with Crippen molar-refractivity contribution in [1.82, 2.24) is 5.32 Å². The minimum absolute atomic E-state index is 0.0613. The number of anilines is 2. The summed E-state index contributed by atoms with van der Waals surface area (Å²) in [6.07, 6.45) is 4.52. The van der Waals surface area contributed by atoms with Gasteiger partial charge in [-0.15, -0.1) is 11.3 Å². The Bertz CT molecular complexity index is 490. The molecule has 0 unspecified atom stereocenters. The number of nitrogens with one attached hydrogen (secondary N) is 1. The maximum absolute atomic E-state index is 12.2. The maximum atomic E-state index is 12.2. The number of hydrogen-bond donors (Lipinski definition) is 2. The summed E-state index contributed by atoms with van der Waals surface area (Å²) in [7, 11) is 1.61. The molecule has 1 amide bonds. The predicted molar refractivity (Wildman–Crippen MR) is 77.2 cm³/mol. The van der Waals surface area contributed by atoms with Crippen molar-refractivity contribution in [3.05, 3.63) is 4.88 Å². The molecular weight excluding hydrogens is 262 g/mol. The summed E-state index contributed by atoms with van der Waals surface area (Å²) in [6, 6.07) is 0.343. The molecule has 19 heavy (non-hydrogen) atoms. The Morgan fingerprint density at radius 3 is 2.68 bits per heavy atom. The number of nitrogens with two attached hydrogens (primary N) is 1. The molecule has 1 aliphatic heterocycles. The van der Waals surface area contributed by atoms with Crippen LogP contribution in [0.25, 0.3) is 0 Å². The lowest BCUT2D eigenvalue weighted by Gasteiger charge is -2.16. The Balaban J connectivity index is 1.88. The van der Waals surface area contributed by atoms with E-state index < -0.39 is 0 Å². The molecule has 104 valence electrons. The molecule has 1 aromatic rings. The first-order valence-electron chi connectivity index (χ1n) is 6.72. The topological polar surface area (TPSA) is 67.6 Å². The number of hydrogen-bond acceptors (Lipinski definition) is 5. The zero-order valence-corrected chi connectivity index (χ0v) is 11.9. The minimum atomic E-state index is -0.0613. The predicted octanol–water partition coefficient (Wildman–Crippen LogP) is 1.83. The quantitative estimate of drug-likeness (QED) is 0.883. The van der Waals surface area contributed by atoms with Gasteiger partial charge in [-0.05, 0) is 25.7 Å². The summed E-state index contributed by atoms with van der Waals surface area (Å²) in [5.41, 5.74) is 6.56. The highest BCUT2D eigenvalue weighted by molar-refractivity contribution is 7.19. The molecule has 0 atom stereocenters. The molecule has 3 N–H and O–H groups in total. The largest absolute Gasteiger partial charge is 0.492 e. The van der Waals surface area contributed by atoms with Crippen LogP contribution in [0.4, 0.5) is 10.7 Å². The molecule has 0 aromatic carbocycles. The van der Waals surface area contributed by atoms with Crippen LogP contribution in [0.2, 0.25) is 0 Å². The lowest BCUT2D eigenvalue weighted by molar-refractivity contribution is 0.0956. The number of carbonyl (C=O) groups is 1. The fraction of sp³-hybridized carbons (Fsp3) is 0.615. The fourth-order valence-electron chi connectivity index (χ4n) is 2.39. The number of amides is 1. The molecule has 2 heterocycles. The highest BCUT2D eigenvalue weighted by atomic mass is 32.1. The smallest absolute Gasteiger partial charge is 0.263 e. The van der Waals surface area contributed by atoms with Crippen molar-refractivity contribution in [1.29, 1.82) is 0 Å². The van der Waals surface area contributed by atoms with E-state index in [1.54, 1.807) is 7.11 Å². The maximum Gasteiger partial charge on any atom is 0.263 e. The molecule has 1 aliphatic carbocycles. The van der Waals surface area contributed by atoms with Crippen LogP contribution in [0.1, 0.15) is 35.4 Å².